The lowest BCUT2D eigenvalue weighted by atomic mass is 10.0. The summed E-state index contributed by atoms with van der Waals surface area (Å²) in [5.41, 5.74) is -0.850. The van der Waals surface area contributed by atoms with Gasteiger partial charge in [-0.3, -0.25) is 48.7 Å². The summed E-state index contributed by atoms with van der Waals surface area (Å²) in [4.78, 5) is 93.6. The number of nitrogens with zero attached hydrogens (tertiary/aromatic N) is 2. The maximum Gasteiger partial charge on any atom is 0.271 e. The molecule has 0 bridgehead atoms. The van der Waals surface area contributed by atoms with Crippen molar-refractivity contribution in [3.8, 4) is 0 Å². The van der Waals surface area contributed by atoms with Gasteiger partial charge in [0.25, 0.3) is 29.5 Å². The first-order valence-electron chi connectivity index (χ1n) is 22.1. The predicted octanol–water partition coefficient (Wildman–Crippen LogP) is 2.37. The summed E-state index contributed by atoms with van der Waals surface area (Å²) in [6, 6.07) is 13.3. The van der Waals surface area contributed by atoms with E-state index in [1.54, 1.807) is 12.1 Å². The van der Waals surface area contributed by atoms with Crippen molar-refractivity contribution in [3.63, 3.8) is 0 Å². The molecule has 0 spiro atoms. The largest absolute Gasteiger partial charge is 0.382 e. The minimum atomic E-state index is -2.71. The van der Waals surface area contributed by atoms with Gasteiger partial charge in [-0.05, 0) is 66.6 Å². The Morgan fingerprint density at radius 1 is 0.797 bits per heavy atom. The number of aromatic amines is 1. The molecule has 0 radical (unpaired) electrons. The van der Waals surface area contributed by atoms with E-state index in [0.717, 1.165) is 17.0 Å². The maximum absolute atomic E-state index is 15.3. The number of nitrogens with one attached hydrogen (secondary N) is 5. The van der Waals surface area contributed by atoms with Gasteiger partial charge in [0.1, 0.15) is 17.6 Å². The summed E-state index contributed by atoms with van der Waals surface area (Å²) in [6.45, 7) is 3.37. The normalized spacial score (nSPS) is 19.1. The van der Waals surface area contributed by atoms with Crippen LogP contribution in [-0.4, -0.2) is 153 Å². The number of benzene rings is 3. The van der Waals surface area contributed by atoms with Gasteiger partial charge < -0.3 is 49.7 Å². The molecule has 3 aliphatic rings. The van der Waals surface area contributed by atoms with Crippen LogP contribution < -0.4 is 26.2 Å². The number of amides is 7. The Morgan fingerprint density at radius 2 is 1.46 bits per heavy atom. The number of carbonyl (C=O) groups excluding carboxylic acids is 7. The van der Waals surface area contributed by atoms with E-state index in [-0.39, 0.29) is 72.2 Å². The minimum absolute atomic E-state index is 0.0400. The van der Waals surface area contributed by atoms with E-state index in [9.17, 15) is 43.1 Å². The van der Waals surface area contributed by atoms with E-state index < -0.39 is 71.5 Å². The van der Waals surface area contributed by atoms with Crippen molar-refractivity contribution in [2.45, 2.75) is 43.7 Å². The Hall–Kier alpha value is -6.40. The van der Waals surface area contributed by atoms with Crippen LogP contribution in [0.5, 0.6) is 0 Å². The summed E-state index contributed by atoms with van der Waals surface area (Å²) in [7, 11) is 0. The third kappa shape index (κ3) is 12.3. The zero-order chi connectivity index (χ0) is 49.1. The number of rotatable bonds is 25. The minimum Gasteiger partial charge on any atom is -0.382 e. The van der Waals surface area contributed by atoms with E-state index in [0.29, 0.717) is 80.9 Å². The summed E-state index contributed by atoms with van der Waals surface area (Å²) in [5, 5.41) is 21.9. The first kappa shape index (κ1) is 50.5. The van der Waals surface area contributed by atoms with E-state index >= 15 is 4.39 Å². The molecule has 2 fully saturated rings. The Labute approximate surface area is 398 Å². The van der Waals surface area contributed by atoms with E-state index in [1.807, 2.05) is 0 Å². The number of ether oxygens (including phenoxy) is 5. The lowest BCUT2D eigenvalue weighted by Crippen LogP contribution is -2.54. The fourth-order valence-corrected chi connectivity index (χ4v) is 8.13. The summed E-state index contributed by atoms with van der Waals surface area (Å²) < 4.78 is 56.6. The zero-order valence-electron chi connectivity index (χ0n) is 37.1. The van der Waals surface area contributed by atoms with Crippen LogP contribution >= 0.6 is 11.6 Å². The molecule has 7 amide bonds. The standard InChI is InChI=1S/C46H50ClF2N7O13/c47-29-20-27(21-30(48)24-29)26-52-44(62)46(64)25-37(49)55(45(46)63)31-4-5-33-28(22-31)23-35(53-33)40(58)51-9-11-66-13-15-68-17-19-69-18-16-67-14-12-65-10-8-50-34-3-1-2-32-39(34)43(61)56(42(32)60)36-6-7-38(57)54-41(36)59/h1-5,20-24,36-37,50,53,64H,6-19,25-26H2,(H,51,58)(H,52,62)(H,54,57,59). The lowest BCUT2D eigenvalue weighted by molar-refractivity contribution is -0.149. The maximum atomic E-state index is 15.3. The molecule has 3 atom stereocenters. The number of alkyl halides is 1. The predicted molar refractivity (Wildman–Crippen MR) is 242 cm³/mol. The highest BCUT2D eigenvalue weighted by Crippen LogP contribution is 2.36. The van der Waals surface area contributed by atoms with Gasteiger partial charge in [-0.1, -0.05) is 17.7 Å². The van der Waals surface area contributed by atoms with Crippen LogP contribution in [-0.2, 0) is 49.4 Å². The molecule has 69 heavy (non-hydrogen) atoms. The number of hydrogen-bond donors (Lipinski definition) is 6. The molecule has 4 heterocycles. The van der Waals surface area contributed by atoms with E-state index in [2.05, 4.69) is 26.3 Å². The van der Waals surface area contributed by atoms with Gasteiger partial charge in [0.05, 0.1) is 77.2 Å². The van der Waals surface area contributed by atoms with Crippen LogP contribution in [0.4, 0.5) is 20.2 Å². The average molecular weight is 982 g/mol. The van der Waals surface area contributed by atoms with Crippen molar-refractivity contribution in [2.24, 2.45) is 0 Å². The van der Waals surface area contributed by atoms with Crippen molar-refractivity contribution in [1.82, 2.24) is 25.8 Å². The van der Waals surface area contributed by atoms with E-state index in [4.69, 9.17) is 35.3 Å². The quantitative estimate of drug-likeness (QED) is 0.0242. The second kappa shape index (κ2) is 23.3. The highest BCUT2D eigenvalue weighted by molar-refractivity contribution is 6.30. The third-order valence-electron chi connectivity index (χ3n) is 11.2. The van der Waals surface area contributed by atoms with Crippen LogP contribution in [0.2, 0.25) is 5.02 Å². The van der Waals surface area contributed by atoms with Crippen LogP contribution in [0, 0.1) is 5.82 Å². The second-order valence-electron chi connectivity index (χ2n) is 16.0. The number of halogens is 3. The van der Waals surface area contributed by atoms with E-state index in [1.165, 1.54) is 36.4 Å². The smallest absolute Gasteiger partial charge is 0.271 e. The Bertz CT molecular complexity index is 2560. The molecule has 6 N–H and O–H groups in total. The number of piperidine rings is 1. The number of H-pyrrole nitrogens is 1. The van der Waals surface area contributed by atoms with Gasteiger partial charge >= 0.3 is 0 Å². The molecule has 4 aromatic rings. The molecule has 368 valence electrons. The van der Waals surface area contributed by atoms with Gasteiger partial charge in [-0.25, -0.2) is 8.78 Å². The molecular formula is C46H50ClF2N7O13. The fourth-order valence-electron chi connectivity index (χ4n) is 7.89. The second-order valence-corrected chi connectivity index (χ2v) is 16.4. The summed E-state index contributed by atoms with van der Waals surface area (Å²) >= 11 is 5.85. The van der Waals surface area contributed by atoms with Gasteiger partial charge in [0, 0.05) is 59.8 Å². The molecule has 23 heteroatoms. The van der Waals surface area contributed by atoms with Gasteiger partial charge in [0.15, 0.2) is 6.30 Å². The number of anilines is 2. The Balaban J connectivity index is 0.692. The van der Waals surface area contributed by atoms with Crippen molar-refractivity contribution < 1.29 is 71.1 Å². The topological polar surface area (TPSA) is 256 Å². The number of imide groups is 2. The Kier molecular flexibility index (Phi) is 17.0. The number of hydrogen-bond acceptors (Lipinski definition) is 14. The van der Waals surface area contributed by atoms with Crippen molar-refractivity contribution >= 4 is 75.2 Å². The Morgan fingerprint density at radius 3 is 2.13 bits per heavy atom. The van der Waals surface area contributed by atoms with Crippen LogP contribution in [0.1, 0.15) is 56.0 Å². The van der Waals surface area contributed by atoms with Crippen molar-refractivity contribution in [1.29, 1.82) is 0 Å². The number of aromatic nitrogens is 1. The monoisotopic (exact) mass is 981 g/mol. The molecule has 3 aliphatic heterocycles. The van der Waals surface area contributed by atoms with Crippen LogP contribution in [0.15, 0.2) is 60.7 Å². The van der Waals surface area contributed by atoms with Gasteiger partial charge in [-0.2, -0.15) is 0 Å². The number of carbonyl (C=O) groups is 7. The molecule has 3 unspecified atom stereocenters. The van der Waals surface area contributed by atoms with Crippen LogP contribution in [0.3, 0.4) is 0 Å². The molecule has 2 saturated heterocycles. The van der Waals surface area contributed by atoms with Crippen molar-refractivity contribution in [2.75, 3.05) is 89.4 Å². The zero-order valence-corrected chi connectivity index (χ0v) is 37.9. The first-order chi connectivity index (χ1) is 33.2. The fraction of sp³-hybridized carbons (Fsp3) is 0.413. The molecule has 20 nitrogen and oxygen atoms in total. The summed E-state index contributed by atoms with van der Waals surface area (Å²) in [5.74, 6) is -5.67. The molecular weight excluding hydrogens is 932 g/mol. The van der Waals surface area contributed by atoms with Gasteiger partial charge in [0.2, 0.25) is 17.4 Å². The van der Waals surface area contributed by atoms with Crippen molar-refractivity contribution in [3.05, 3.63) is 93.9 Å². The average Bonchev–Trinajstić information content (AvgIpc) is 3.94. The van der Waals surface area contributed by atoms with Gasteiger partial charge in [-0.15, -0.1) is 0 Å². The molecule has 1 aromatic heterocycles. The number of aliphatic hydroxyl groups is 1. The highest BCUT2D eigenvalue weighted by atomic mass is 35.5. The third-order valence-corrected chi connectivity index (χ3v) is 11.5. The molecule has 3 aromatic carbocycles. The molecule has 0 saturated carbocycles. The molecule has 0 aliphatic carbocycles. The SMILES string of the molecule is O=C1CCC(N2C(=O)c3cccc(NCCOCCOCCOCCOCCOCCNC(=O)c4cc5cc(N6C(=O)C(O)(C(=O)NCc7cc(F)cc(Cl)c7)CC6F)ccc5[nH]4)c3C2=O)C(=O)N1. The highest BCUT2D eigenvalue weighted by Gasteiger charge is 2.57. The first-order valence-corrected chi connectivity index (χ1v) is 22.4. The molecule has 7 rings (SSSR count). The van der Waals surface area contributed by atoms with Crippen LogP contribution in [0.25, 0.3) is 10.9 Å². The summed E-state index contributed by atoms with van der Waals surface area (Å²) in [6.07, 6.45) is -2.75. The number of fused-ring (bicyclic) bond motifs is 2. The lowest BCUT2D eigenvalue weighted by Gasteiger charge is -2.27.